The van der Waals surface area contributed by atoms with Gasteiger partial charge < -0.3 is 10.1 Å². The molecule has 0 heterocycles. The number of amides is 1. The molecule has 0 atom stereocenters. The Hall–Kier alpha value is -2.76. The van der Waals surface area contributed by atoms with E-state index < -0.39 is 35.5 Å². The van der Waals surface area contributed by atoms with Crippen molar-refractivity contribution in [2.75, 3.05) is 11.9 Å². The van der Waals surface area contributed by atoms with Crippen LogP contribution in [0.15, 0.2) is 48.5 Å². The molecular weight excluding hydrogens is 316 g/mol. The van der Waals surface area contributed by atoms with Gasteiger partial charge in [0.05, 0.1) is 11.1 Å². The summed E-state index contributed by atoms with van der Waals surface area (Å²) >= 11 is 0. The van der Waals surface area contributed by atoms with Crippen LogP contribution >= 0.6 is 0 Å². The van der Waals surface area contributed by atoms with Crippen LogP contribution in [0.5, 0.6) is 0 Å². The number of hydrogen-bond donors (Lipinski definition) is 1. The number of hydrogen-bond acceptors (Lipinski definition) is 3. The summed E-state index contributed by atoms with van der Waals surface area (Å²) in [6.07, 6.45) is 0. The molecule has 1 N–H and O–H groups in total. The van der Waals surface area contributed by atoms with E-state index in [1.165, 1.54) is 0 Å². The Morgan fingerprint density at radius 3 is 2.38 bits per heavy atom. The number of carbonyl (C=O) groups excluding carboxylic acids is 2. The molecule has 0 aliphatic carbocycles. The maximum atomic E-state index is 13.5. The van der Waals surface area contributed by atoms with Crippen molar-refractivity contribution in [3.05, 3.63) is 65.7 Å². The van der Waals surface area contributed by atoms with Crippen LogP contribution < -0.4 is 5.32 Å². The summed E-state index contributed by atoms with van der Waals surface area (Å²) in [6.45, 7) is 2.80. The molecule has 0 aliphatic rings. The average Bonchev–Trinajstić information content (AvgIpc) is 2.56. The van der Waals surface area contributed by atoms with Crippen molar-refractivity contribution in [1.29, 1.82) is 0 Å². The Labute approximate surface area is 138 Å². The van der Waals surface area contributed by atoms with Crippen LogP contribution in [-0.2, 0) is 19.7 Å². The second kappa shape index (κ2) is 7.21. The van der Waals surface area contributed by atoms with E-state index in [-0.39, 0.29) is 5.69 Å². The van der Waals surface area contributed by atoms with Crippen LogP contribution in [0.3, 0.4) is 0 Å². The third-order valence-electron chi connectivity index (χ3n) is 3.55. The van der Waals surface area contributed by atoms with E-state index in [0.29, 0.717) is 6.07 Å². The van der Waals surface area contributed by atoms with Crippen LogP contribution in [0, 0.1) is 11.6 Å². The van der Waals surface area contributed by atoms with E-state index in [1.807, 2.05) is 6.07 Å². The molecule has 0 spiro atoms. The van der Waals surface area contributed by atoms with Crippen molar-refractivity contribution in [2.45, 2.75) is 19.3 Å². The van der Waals surface area contributed by atoms with Crippen LogP contribution in [0.25, 0.3) is 0 Å². The van der Waals surface area contributed by atoms with Gasteiger partial charge in [0, 0.05) is 6.07 Å². The Bertz CT molecular complexity index is 745. The van der Waals surface area contributed by atoms with E-state index in [4.69, 9.17) is 4.74 Å². The maximum absolute atomic E-state index is 13.5. The molecule has 4 nitrogen and oxygen atoms in total. The number of anilines is 1. The number of halogens is 2. The van der Waals surface area contributed by atoms with Crippen molar-refractivity contribution in [3.63, 3.8) is 0 Å². The number of ether oxygens (including phenoxy) is 1. The smallest absolute Gasteiger partial charge is 0.316 e. The number of benzene rings is 2. The minimum absolute atomic E-state index is 0.181. The van der Waals surface area contributed by atoms with Crippen LogP contribution in [0.2, 0.25) is 0 Å². The lowest BCUT2D eigenvalue weighted by molar-refractivity contribution is -0.152. The van der Waals surface area contributed by atoms with Crippen molar-refractivity contribution in [2.24, 2.45) is 0 Å². The van der Waals surface area contributed by atoms with Crippen LogP contribution in [0.1, 0.15) is 19.4 Å². The molecule has 0 fully saturated rings. The van der Waals surface area contributed by atoms with Crippen molar-refractivity contribution >= 4 is 17.6 Å². The lowest BCUT2D eigenvalue weighted by atomic mass is 9.85. The predicted molar refractivity (Wildman–Crippen MR) is 85.4 cm³/mol. The van der Waals surface area contributed by atoms with Gasteiger partial charge in [-0.2, -0.15) is 0 Å². The van der Waals surface area contributed by atoms with Gasteiger partial charge in [0.15, 0.2) is 6.61 Å². The molecule has 2 rings (SSSR count). The minimum Gasteiger partial charge on any atom is -0.455 e. The van der Waals surface area contributed by atoms with Gasteiger partial charge in [0.2, 0.25) is 0 Å². The fraction of sp³-hybridized carbons (Fsp3) is 0.222. The molecule has 0 unspecified atom stereocenters. The summed E-state index contributed by atoms with van der Waals surface area (Å²) in [5.74, 6) is -2.94. The molecule has 0 aromatic heterocycles. The third-order valence-corrected chi connectivity index (χ3v) is 3.55. The summed E-state index contributed by atoms with van der Waals surface area (Å²) < 4.78 is 31.3. The van der Waals surface area contributed by atoms with Gasteiger partial charge in [-0.15, -0.1) is 0 Å². The van der Waals surface area contributed by atoms with Crippen LogP contribution in [0.4, 0.5) is 14.5 Å². The largest absolute Gasteiger partial charge is 0.455 e. The average molecular weight is 333 g/mol. The topological polar surface area (TPSA) is 55.4 Å². The quantitative estimate of drug-likeness (QED) is 0.853. The summed E-state index contributed by atoms with van der Waals surface area (Å²) in [4.78, 5) is 24.0. The van der Waals surface area contributed by atoms with Gasteiger partial charge in [-0.05, 0) is 31.5 Å². The zero-order chi connectivity index (χ0) is 17.7. The Morgan fingerprint density at radius 2 is 1.75 bits per heavy atom. The molecular formula is C18H17F2NO3. The maximum Gasteiger partial charge on any atom is 0.316 e. The first-order valence-corrected chi connectivity index (χ1v) is 7.28. The first-order chi connectivity index (χ1) is 11.3. The standard InChI is InChI=1S/C18H17F2NO3/c1-18(2,12-6-4-3-5-7-12)17(23)24-11-16(22)21-15-9-8-13(19)10-14(15)20/h3-10H,11H2,1-2H3,(H,21,22). The van der Waals surface area contributed by atoms with Crippen molar-refractivity contribution in [1.82, 2.24) is 0 Å². The molecule has 0 aliphatic heterocycles. The van der Waals surface area contributed by atoms with E-state index in [0.717, 1.165) is 17.7 Å². The van der Waals surface area contributed by atoms with E-state index in [9.17, 15) is 18.4 Å². The predicted octanol–water partition coefficient (Wildman–Crippen LogP) is 3.42. The molecule has 0 saturated carbocycles. The molecule has 2 aromatic rings. The fourth-order valence-corrected chi connectivity index (χ4v) is 2.06. The summed E-state index contributed by atoms with van der Waals surface area (Å²) in [6, 6.07) is 11.8. The highest BCUT2D eigenvalue weighted by Crippen LogP contribution is 2.24. The number of rotatable bonds is 5. The lowest BCUT2D eigenvalue weighted by Gasteiger charge is -2.22. The Morgan fingerprint density at radius 1 is 1.08 bits per heavy atom. The number of esters is 1. The third kappa shape index (κ3) is 4.16. The molecule has 6 heteroatoms. The molecule has 2 aromatic carbocycles. The Kier molecular flexibility index (Phi) is 5.28. The summed E-state index contributed by atoms with van der Waals surface area (Å²) in [5.41, 5.74) is -0.359. The SMILES string of the molecule is CC(C)(C(=O)OCC(=O)Nc1ccc(F)cc1F)c1ccccc1. The Balaban J connectivity index is 1.95. The van der Waals surface area contributed by atoms with Gasteiger partial charge in [-0.25, -0.2) is 8.78 Å². The lowest BCUT2D eigenvalue weighted by Crippen LogP contribution is -2.33. The molecule has 126 valence electrons. The van der Waals surface area contributed by atoms with Gasteiger partial charge in [0.1, 0.15) is 11.6 Å². The van der Waals surface area contributed by atoms with Gasteiger partial charge >= 0.3 is 5.97 Å². The first-order valence-electron chi connectivity index (χ1n) is 7.28. The summed E-state index contributed by atoms with van der Waals surface area (Å²) in [7, 11) is 0. The highest BCUT2D eigenvalue weighted by molar-refractivity contribution is 5.93. The number of nitrogens with one attached hydrogen (secondary N) is 1. The van der Waals surface area contributed by atoms with Crippen molar-refractivity contribution in [3.8, 4) is 0 Å². The minimum atomic E-state index is -0.928. The molecule has 0 radical (unpaired) electrons. The van der Waals surface area contributed by atoms with Gasteiger partial charge in [-0.1, -0.05) is 30.3 Å². The first kappa shape index (κ1) is 17.6. The van der Waals surface area contributed by atoms with Gasteiger partial charge in [0.25, 0.3) is 5.91 Å². The summed E-state index contributed by atoms with van der Waals surface area (Å²) in [5, 5.41) is 2.23. The molecule has 1 amide bonds. The van der Waals surface area contributed by atoms with Crippen molar-refractivity contribution < 1.29 is 23.1 Å². The zero-order valence-electron chi connectivity index (χ0n) is 13.3. The second-order valence-electron chi connectivity index (χ2n) is 5.74. The fourth-order valence-electron chi connectivity index (χ4n) is 2.06. The zero-order valence-corrected chi connectivity index (χ0v) is 13.3. The van der Waals surface area contributed by atoms with E-state index in [1.54, 1.807) is 38.1 Å². The normalized spacial score (nSPS) is 11.0. The highest BCUT2D eigenvalue weighted by Gasteiger charge is 2.31. The van der Waals surface area contributed by atoms with Gasteiger partial charge in [-0.3, -0.25) is 9.59 Å². The monoisotopic (exact) mass is 333 g/mol. The molecule has 0 saturated heterocycles. The highest BCUT2D eigenvalue weighted by atomic mass is 19.1. The second-order valence-corrected chi connectivity index (χ2v) is 5.74. The van der Waals surface area contributed by atoms with Crippen LogP contribution in [-0.4, -0.2) is 18.5 Å². The molecule has 0 bridgehead atoms. The molecule has 24 heavy (non-hydrogen) atoms. The van der Waals surface area contributed by atoms with E-state index >= 15 is 0 Å². The van der Waals surface area contributed by atoms with E-state index in [2.05, 4.69) is 5.32 Å². The number of carbonyl (C=O) groups is 2.